The van der Waals surface area contributed by atoms with Crippen molar-refractivity contribution in [2.45, 2.75) is 122 Å². The Hall–Kier alpha value is -2.02. The van der Waals surface area contributed by atoms with Crippen molar-refractivity contribution < 1.29 is 23.8 Å². The Labute approximate surface area is 226 Å². The van der Waals surface area contributed by atoms with Crippen LogP contribution in [0.2, 0.25) is 0 Å². The molecule has 3 atom stereocenters. The van der Waals surface area contributed by atoms with E-state index in [1.54, 1.807) is 0 Å². The van der Waals surface area contributed by atoms with Crippen LogP contribution in [0.3, 0.4) is 0 Å². The number of amides is 2. The number of carbonyl (C=O) groups is 2. The van der Waals surface area contributed by atoms with Gasteiger partial charge in [-0.25, -0.2) is 9.59 Å². The molecule has 1 aliphatic rings. The van der Waals surface area contributed by atoms with Crippen molar-refractivity contribution in [2.24, 2.45) is 5.92 Å². The van der Waals surface area contributed by atoms with Crippen molar-refractivity contribution in [2.75, 3.05) is 26.3 Å². The zero-order valence-corrected chi connectivity index (χ0v) is 23.6. The van der Waals surface area contributed by atoms with Crippen LogP contribution in [0.4, 0.5) is 9.59 Å². The minimum atomic E-state index is -0.353. The fraction of sp³-hybridized carbons (Fsp3) is 0.800. The summed E-state index contributed by atoms with van der Waals surface area (Å²) in [7, 11) is 0. The molecule has 37 heavy (non-hydrogen) atoms. The summed E-state index contributed by atoms with van der Waals surface area (Å²) in [5, 5.41) is 5.63. The molecule has 1 heterocycles. The van der Waals surface area contributed by atoms with Gasteiger partial charge in [0.05, 0.1) is 6.10 Å². The van der Waals surface area contributed by atoms with Gasteiger partial charge in [0, 0.05) is 13.1 Å². The Morgan fingerprint density at radius 1 is 0.811 bits per heavy atom. The minimum Gasteiger partial charge on any atom is -0.447 e. The molecule has 0 aromatic heterocycles. The quantitative estimate of drug-likeness (QED) is 0.0780. The SMILES string of the molecule is C=CC(C/C=C/COC(=O)NCCCCCCCC)CCC1OC1COC(=O)NCCCCCCCC. The number of epoxide rings is 1. The van der Waals surface area contributed by atoms with Gasteiger partial charge in [0.2, 0.25) is 0 Å². The Morgan fingerprint density at radius 3 is 1.97 bits per heavy atom. The molecule has 0 spiro atoms. The molecule has 2 amide bonds. The molecule has 3 unspecified atom stereocenters. The first-order valence-electron chi connectivity index (χ1n) is 14.8. The smallest absolute Gasteiger partial charge is 0.407 e. The number of ether oxygens (including phenoxy) is 3. The predicted molar refractivity (Wildman–Crippen MR) is 151 cm³/mol. The number of unbranched alkanes of at least 4 members (excludes halogenated alkanes) is 10. The lowest BCUT2D eigenvalue weighted by Gasteiger charge is -2.09. The highest BCUT2D eigenvalue weighted by atomic mass is 16.6. The fourth-order valence-electron chi connectivity index (χ4n) is 4.20. The third-order valence-corrected chi connectivity index (χ3v) is 6.74. The number of carbonyl (C=O) groups excluding carboxylic acids is 2. The van der Waals surface area contributed by atoms with E-state index in [0.29, 0.717) is 25.6 Å². The molecule has 1 fully saturated rings. The van der Waals surface area contributed by atoms with E-state index in [2.05, 4.69) is 31.1 Å². The lowest BCUT2D eigenvalue weighted by Crippen LogP contribution is -2.27. The van der Waals surface area contributed by atoms with Crippen molar-refractivity contribution in [1.82, 2.24) is 10.6 Å². The maximum atomic E-state index is 11.8. The maximum Gasteiger partial charge on any atom is 0.407 e. The summed E-state index contributed by atoms with van der Waals surface area (Å²) in [6.07, 6.45) is 22.4. The average Bonchev–Trinajstić information content (AvgIpc) is 3.66. The summed E-state index contributed by atoms with van der Waals surface area (Å²) in [6.45, 7) is 10.3. The van der Waals surface area contributed by atoms with Gasteiger partial charge in [0.25, 0.3) is 0 Å². The molecule has 214 valence electrons. The molecule has 1 saturated heterocycles. The number of hydrogen-bond acceptors (Lipinski definition) is 5. The highest BCUT2D eigenvalue weighted by molar-refractivity contribution is 5.67. The first-order chi connectivity index (χ1) is 18.1. The molecule has 7 nitrogen and oxygen atoms in total. The summed E-state index contributed by atoms with van der Waals surface area (Å²) < 4.78 is 16.1. The van der Waals surface area contributed by atoms with Gasteiger partial charge in [-0.15, -0.1) is 6.58 Å². The van der Waals surface area contributed by atoms with Crippen molar-refractivity contribution in [3.8, 4) is 0 Å². The van der Waals surface area contributed by atoms with Crippen LogP contribution in [-0.4, -0.2) is 50.7 Å². The second-order valence-corrected chi connectivity index (χ2v) is 10.1. The van der Waals surface area contributed by atoms with Crippen LogP contribution < -0.4 is 10.6 Å². The average molecular weight is 523 g/mol. The largest absolute Gasteiger partial charge is 0.447 e. The van der Waals surface area contributed by atoms with Crippen LogP contribution in [0.25, 0.3) is 0 Å². The number of allylic oxidation sites excluding steroid dienone is 2. The van der Waals surface area contributed by atoms with Crippen LogP contribution in [0.5, 0.6) is 0 Å². The van der Waals surface area contributed by atoms with Crippen molar-refractivity contribution in [3.63, 3.8) is 0 Å². The summed E-state index contributed by atoms with van der Waals surface area (Å²) >= 11 is 0. The van der Waals surface area contributed by atoms with Gasteiger partial charge in [0.1, 0.15) is 19.3 Å². The lowest BCUT2D eigenvalue weighted by molar-refractivity contribution is 0.136. The summed E-state index contributed by atoms with van der Waals surface area (Å²) in [4.78, 5) is 23.5. The van der Waals surface area contributed by atoms with Gasteiger partial charge in [-0.2, -0.15) is 0 Å². The van der Waals surface area contributed by atoms with Crippen molar-refractivity contribution >= 4 is 12.2 Å². The molecular weight excluding hydrogens is 468 g/mol. The molecule has 1 aliphatic heterocycles. The highest BCUT2D eigenvalue weighted by Gasteiger charge is 2.39. The van der Waals surface area contributed by atoms with E-state index in [9.17, 15) is 9.59 Å². The third kappa shape index (κ3) is 19.7. The fourth-order valence-corrected chi connectivity index (χ4v) is 4.20. The van der Waals surface area contributed by atoms with Gasteiger partial charge < -0.3 is 24.8 Å². The first-order valence-corrected chi connectivity index (χ1v) is 14.8. The topological polar surface area (TPSA) is 89.2 Å². The zero-order chi connectivity index (χ0) is 27.0. The number of hydrogen-bond donors (Lipinski definition) is 2. The Kier molecular flexibility index (Phi) is 20.6. The molecule has 0 bridgehead atoms. The van der Waals surface area contributed by atoms with Gasteiger partial charge >= 0.3 is 12.2 Å². The van der Waals surface area contributed by atoms with E-state index < -0.39 is 0 Å². The zero-order valence-electron chi connectivity index (χ0n) is 23.6. The van der Waals surface area contributed by atoms with Gasteiger partial charge in [0.15, 0.2) is 0 Å². The van der Waals surface area contributed by atoms with Crippen molar-refractivity contribution in [1.29, 1.82) is 0 Å². The Bertz CT molecular complexity index is 625. The third-order valence-electron chi connectivity index (χ3n) is 6.74. The first kappa shape index (κ1) is 33.0. The normalized spacial score (nSPS) is 17.4. The molecule has 0 aromatic carbocycles. The van der Waals surface area contributed by atoms with E-state index in [4.69, 9.17) is 14.2 Å². The van der Waals surface area contributed by atoms with Gasteiger partial charge in [-0.1, -0.05) is 96.3 Å². The summed E-state index contributed by atoms with van der Waals surface area (Å²) in [5.41, 5.74) is 0. The standard InChI is InChI=1S/C30H54N2O5/c1-4-7-9-11-13-16-22-31-29(33)35-24-18-15-19-26(6-3)20-21-27-28(37-27)25-36-30(34)32-23-17-14-12-10-8-5-2/h6,15,18,26-28H,3-5,7-14,16-17,19-25H2,1-2H3,(H,31,33)(H,32,34)/b18-15+. The second-order valence-electron chi connectivity index (χ2n) is 10.1. The number of rotatable bonds is 24. The van der Waals surface area contributed by atoms with E-state index in [0.717, 1.165) is 44.9 Å². The molecular formula is C30H54N2O5. The number of alkyl carbamates (subject to hydrolysis) is 2. The van der Waals surface area contributed by atoms with E-state index >= 15 is 0 Å². The highest BCUT2D eigenvalue weighted by Crippen LogP contribution is 2.29. The minimum absolute atomic E-state index is 0.00375. The van der Waals surface area contributed by atoms with Crippen LogP contribution in [-0.2, 0) is 14.2 Å². The number of nitrogens with one attached hydrogen (secondary N) is 2. The van der Waals surface area contributed by atoms with Gasteiger partial charge in [-0.3, -0.25) is 0 Å². The molecule has 7 heteroatoms. The molecule has 1 rings (SSSR count). The van der Waals surface area contributed by atoms with E-state index in [1.807, 2.05) is 18.2 Å². The van der Waals surface area contributed by atoms with E-state index in [1.165, 1.54) is 51.4 Å². The molecule has 0 aromatic rings. The molecule has 0 saturated carbocycles. The summed E-state index contributed by atoms with van der Waals surface area (Å²) in [6, 6.07) is 0. The van der Waals surface area contributed by atoms with Crippen molar-refractivity contribution in [3.05, 3.63) is 24.8 Å². The monoisotopic (exact) mass is 522 g/mol. The molecule has 0 radical (unpaired) electrons. The van der Waals surface area contributed by atoms with Crippen LogP contribution in [0.15, 0.2) is 24.8 Å². The predicted octanol–water partition coefficient (Wildman–Crippen LogP) is 7.46. The lowest BCUT2D eigenvalue weighted by atomic mass is 9.97. The Balaban J connectivity index is 1.99. The molecule has 0 aliphatic carbocycles. The van der Waals surface area contributed by atoms with Gasteiger partial charge in [-0.05, 0) is 38.0 Å². The van der Waals surface area contributed by atoms with Crippen LogP contribution >= 0.6 is 0 Å². The van der Waals surface area contributed by atoms with Crippen LogP contribution in [0.1, 0.15) is 110 Å². The second kappa shape index (κ2) is 23.1. The van der Waals surface area contributed by atoms with Crippen LogP contribution in [0, 0.1) is 5.92 Å². The molecule has 2 N–H and O–H groups in total. The Morgan fingerprint density at radius 2 is 1.38 bits per heavy atom. The maximum absolute atomic E-state index is 11.8. The summed E-state index contributed by atoms with van der Waals surface area (Å²) in [5.74, 6) is 0.337. The van der Waals surface area contributed by atoms with E-state index in [-0.39, 0.29) is 31.0 Å².